The number of nitro groups is 1. The highest BCUT2D eigenvalue weighted by atomic mass is 16.6. The first-order chi connectivity index (χ1) is 7.52. The van der Waals surface area contributed by atoms with E-state index in [2.05, 4.69) is 10.3 Å². The lowest BCUT2D eigenvalue weighted by molar-refractivity contribution is -0.384. The van der Waals surface area contributed by atoms with Crippen LogP contribution >= 0.6 is 0 Å². The minimum absolute atomic E-state index is 0.0460. The van der Waals surface area contributed by atoms with E-state index in [1.165, 1.54) is 0 Å². The van der Waals surface area contributed by atoms with Crippen molar-refractivity contribution in [3.05, 3.63) is 39.6 Å². The SMILES string of the molecule is CC(C)=CCNc1nccc(C)c1[N+](=O)[O-]. The van der Waals surface area contributed by atoms with E-state index in [0.29, 0.717) is 17.9 Å². The molecule has 0 radical (unpaired) electrons. The fraction of sp³-hybridized carbons (Fsp3) is 0.364. The quantitative estimate of drug-likeness (QED) is 0.482. The Hall–Kier alpha value is -1.91. The maximum atomic E-state index is 10.8. The van der Waals surface area contributed by atoms with Gasteiger partial charge in [-0.15, -0.1) is 0 Å². The Morgan fingerprint density at radius 2 is 2.31 bits per heavy atom. The summed E-state index contributed by atoms with van der Waals surface area (Å²) < 4.78 is 0. The van der Waals surface area contributed by atoms with Crippen LogP contribution < -0.4 is 5.32 Å². The van der Waals surface area contributed by atoms with Crippen molar-refractivity contribution in [1.82, 2.24) is 4.98 Å². The maximum Gasteiger partial charge on any atom is 0.314 e. The molecular formula is C11H15N3O2. The van der Waals surface area contributed by atoms with E-state index in [9.17, 15) is 10.1 Å². The normalized spacial score (nSPS) is 9.69. The van der Waals surface area contributed by atoms with Gasteiger partial charge in [0.15, 0.2) is 0 Å². The van der Waals surface area contributed by atoms with Gasteiger partial charge in [0.25, 0.3) is 0 Å². The topological polar surface area (TPSA) is 68.1 Å². The lowest BCUT2D eigenvalue weighted by Gasteiger charge is -2.05. The van der Waals surface area contributed by atoms with Crippen LogP contribution in [0.25, 0.3) is 0 Å². The van der Waals surface area contributed by atoms with Gasteiger partial charge in [-0.1, -0.05) is 11.6 Å². The van der Waals surface area contributed by atoms with Gasteiger partial charge in [0.05, 0.1) is 4.92 Å². The summed E-state index contributed by atoms with van der Waals surface area (Å²) in [5.41, 5.74) is 1.81. The number of aromatic nitrogens is 1. The van der Waals surface area contributed by atoms with Gasteiger partial charge in [-0.05, 0) is 26.8 Å². The summed E-state index contributed by atoms with van der Waals surface area (Å²) in [5, 5.41) is 13.8. The van der Waals surface area contributed by atoms with Crippen LogP contribution in [0, 0.1) is 17.0 Å². The minimum Gasteiger partial charge on any atom is -0.361 e. The number of hydrogen-bond donors (Lipinski definition) is 1. The molecule has 1 N–H and O–H groups in total. The van der Waals surface area contributed by atoms with E-state index < -0.39 is 4.92 Å². The van der Waals surface area contributed by atoms with E-state index in [0.717, 1.165) is 5.57 Å². The van der Waals surface area contributed by atoms with Gasteiger partial charge in [0.2, 0.25) is 5.82 Å². The monoisotopic (exact) mass is 221 g/mol. The van der Waals surface area contributed by atoms with Crippen molar-refractivity contribution in [2.24, 2.45) is 0 Å². The number of nitrogens with zero attached hydrogens (tertiary/aromatic N) is 2. The molecule has 86 valence electrons. The molecule has 0 aliphatic carbocycles. The molecule has 0 spiro atoms. The lowest BCUT2D eigenvalue weighted by atomic mass is 10.2. The lowest BCUT2D eigenvalue weighted by Crippen LogP contribution is -2.05. The average Bonchev–Trinajstić information content (AvgIpc) is 2.16. The molecule has 0 saturated heterocycles. The summed E-state index contributed by atoms with van der Waals surface area (Å²) in [6.45, 7) is 6.19. The van der Waals surface area contributed by atoms with Crippen LogP contribution in [0.2, 0.25) is 0 Å². The van der Waals surface area contributed by atoms with Gasteiger partial charge in [-0.3, -0.25) is 10.1 Å². The van der Waals surface area contributed by atoms with E-state index in [4.69, 9.17) is 0 Å². The van der Waals surface area contributed by atoms with Gasteiger partial charge in [0.1, 0.15) is 0 Å². The first-order valence-corrected chi connectivity index (χ1v) is 4.99. The summed E-state index contributed by atoms with van der Waals surface area (Å²) in [7, 11) is 0. The summed E-state index contributed by atoms with van der Waals surface area (Å²) in [5.74, 6) is 0.322. The number of aryl methyl sites for hydroxylation is 1. The molecule has 0 saturated carbocycles. The highest BCUT2D eigenvalue weighted by Crippen LogP contribution is 2.25. The number of rotatable bonds is 4. The van der Waals surface area contributed by atoms with Gasteiger partial charge >= 0.3 is 5.69 Å². The zero-order valence-electron chi connectivity index (χ0n) is 9.65. The zero-order chi connectivity index (χ0) is 12.1. The van der Waals surface area contributed by atoms with Crippen LogP contribution in [0.4, 0.5) is 11.5 Å². The van der Waals surface area contributed by atoms with Crippen molar-refractivity contribution in [2.75, 3.05) is 11.9 Å². The van der Waals surface area contributed by atoms with Crippen molar-refractivity contribution >= 4 is 11.5 Å². The molecule has 5 nitrogen and oxygen atoms in total. The highest BCUT2D eigenvalue weighted by molar-refractivity contribution is 5.59. The van der Waals surface area contributed by atoms with Gasteiger partial charge in [0, 0.05) is 18.3 Å². The molecule has 5 heteroatoms. The Bertz CT molecular complexity index is 423. The molecule has 1 heterocycles. The third-order valence-electron chi connectivity index (χ3n) is 2.09. The number of allylic oxidation sites excluding steroid dienone is 1. The van der Waals surface area contributed by atoms with Crippen molar-refractivity contribution in [3.63, 3.8) is 0 Å². The van der Waals surface area contributed by atoms with Gasteiger partial charge in [-0.25, -0.2) is 4.98 Å². The van der Waals surface area contributed by atoms with Crippen LogP contribution in [0.15, 0.2) is 23.9 Å². The molecular weight excluding hydrogens is 206 g/mol. The molecule has 1 aromatic heterocycles. The van der Waals surface area contributed by atoms with Gasteiger partial charge < -0.3 is 5.32 Å². The predicted molar refractivity (Wildman–Crippen MR) is 63.5 cm³/mol. The Kier molecular flexibility index (Phi) is 3.99. The third-order valence-corrected chi connectivity index (χ3v) is 2.09. The molecule has 0 aliphatic rings. The molecule has 0 unspecified atom stereocenters. The predicted octanol–water partition coefficient (Wildman–Crippen LogP) is 2.68. The third kappa shape index (κ3) is 3.05. The second-order valence-electron chi connectivity index (χ2n) is 3.74. The first kappa shape index (κ1) is 12.2. The molecule has 16 heavy (non-hydrogen) atoms. The molecule has 1 aromatic rings. The van der Waals surface area contributed by atoms with Crippen LogP contribution in [-0.4, -0.2) is 16.5 Å². The maximum absolute atomic E-state index is 10.8. The van der Waals surface area contributed by atoms with Crippen LogP contribution in [0.5, 0.6) is 0 Å². The second kappa shape index (κ2) is 5.25. The van der Waals surface area contributed by atoms with Crippen molar-refractivity contribution in [3.8, 4) is 0 Å². The number of anilines is 1. The summed E-state index contributed by atoms with van der Waals surface area (Å²) in [6, 6.07) is 1.63. The summed E-state index contributed by atoms with van der Waals surface area (Å²) in [6.07, 6.45) is 3.51. The summed E-state index contributed by atoms with van der Waals surface area (Å²) >= 11 is 0. The van der Waals surface area contributed by atoms with Gasteiger partial charge in [-0.2, -0.15) is 0 Å². The Morgan fingerprint density at radius 1 is 1.62 bits per heavy atom. The van der Waals surface area contributed by atoms with Crippen LogP contribution in [0.3, 0.4) is 0 Å². The number of pyridine rings is 1. The first-order valence-electron chi connectivity index (χ1n) is 4.99. The fourth-order valence-electron chi connectivity index (χ4n) is 1.26. The Balaban J connectivity index is 2.91. The molecule has 0 bridgehead atoms. The van der Waals surface area contributed by atoms with E-state index in [-0.39, 0.29) is 5.69 Å². The average molecular weight is 221 g/mol. The standard InChI is InChI=1S/C11H15N3O2/c1-8(2)4-6-12-11-10(14(15)16)9(3)5-7-13-11/h4-5,7H,6H2,1-3H3,(H,12,13). The molecule has 0 aliphatic heterocycles. The van der Waals surface area contributed by atoms with E-state index in [1.54, 1.807) is 19.2 Å². The minimum atomic E-state index is -0.410. The summed E-state index contributed by atoms with van der Waals surface area (Å²) in [4.78, 5) is 14.4. The largest absolute Gasteiger partial charge is 0.361 e. The second-order valence-corrected chi connectivity index (χ2v) is 3.74. The Labute approximate surface area is 94.4 Å². The molecule has 0 aromatic carbocycles. The molecule has 0 atom stereocenters. The smallest absolute Gasteiger partial charge is 0.314 e. The fourth-order valence-corrected chi connectivity index (χ4v) is 1.26. The van der Waals surface area contributed by atoms with E-state index in [1.807, 2.05) is 19.9 Å². The van der Waals surface area contributed by atoms with Crippen molar-refractivity contribution < 1.29 is 4.92 Å². The molecule has 1 rings (SSSR count). The zero-order valence-corrected chi connectivity index (χ0v) is 9.65. The molecule has 0 fully saturated rings. The van der Waals surface area contributed by atoms with Crippen molar-refractivity contribution in [1.29, 1.82) is 0 Å². The van der Waals surface area contributed by atoms with E-state index >= 15 is 0 Å². The highest BCUT2D eigenvalue weighted by Gasteiger charge is 2.17. The van der Waals surface area contributed by atoms with Crippen LogP contribution in [-0.2, 0) is 0 Å². The number of nitrogens with one attached hydrogen (secondary N) is 1. The Morgan fingerprint density at radius 3 is 2.88 bits per heavy atom. The molecule has 0 amide bonds. The van der Waals surface area contributed by atoms with Crippen LogP contribution in [0.1, 0.15) is 19.4 Å². The van der Waals surface area contributed by atoms with Crippen molar-refractivity contribution in [2.45, 2.75) is 20.8 Å². The number of hydrogen-bond acceptors (Lipinski definition) is 4.